The van der Waals surface area contributed by atoms with Crippen LogP contribution in [0, 0.1) is 0 Å². The Kier molecular flexibility index (Phi) is 5.75. The fourth-order valence-corrected chi connectivity index (χ4v) is 2.64. The quantitative estimate of drug-likeness (QED) is 0.755. The summed E-state index contributed by atoms with van der Waals surface area (Å²) in [4.78, 5) is 0. The van der Waals surface area contributed by atoms with E-state index in [1.165, 1.54) is 31.2 Å². The fraction of sp³-hybridized carbons (Fsp3) is 0.733. The molecule has 2 heterocycles. The summed E-state index contributed by atoms with van der Waals surface area (Å²) in [6.45, 7) is 5.16. The van der Waals surface area contributed by atoms with Gasteiger partial charge < -0.3 is 14.5 Å². The van der Waals surface area contributed by atoms with E-state index in [2.05, 4.69) is 18.3 Å². The van der Waals surface area contributed by atoms with Crippen LogP contribution in [0.3, 0.4) is 0 Å². The summed E-state index contributed by atoms with van der Waals surface area (Å²) in [5.41, 5.74) is 1.29. The second-order valence-corrected chi connectivity index (χ2v) is 5.13. The molecule has 2 unspecified atom stereocenters. The van der Waals surface area contributed by atoms with E-state index in [4.69, 9.17) is 9.15 Å². The van der Waals surface area contributed by atoms with Gasteiger partial charge in [-0.3, -0.25) is 0 Å². The van der Waals surface area contributed by atoms with Gasteiger partial charge in [0.15, 0.2) is 0 Å². The average Bonchev–Trinajstić information content (AvgIpc) is 2.93. The van der Waals surface area contributed by atoms with E-state index in [0.717, 1.165) is 26.1 Å². The third-order valence-electron chi connectivity index (χ3n) is 3.73. The van der Waals surface area contributed by atoms with E-state index < -0.39 is 0 Å². The van der Waals surface area contributed by atoms with Gasteiger partial charge in [-0.15, -0.1) is 0 Å². The Bertz CT molecular complexity index is 310. The fourth-order valence-electron chi connectivity index (χ4n) is 2.64. The molecule has 1 saturated heterocycles. The van der Waals surface area contributed by atoms with Crippen molar-refractivity contribution in [3.8, 4) is 0 Å². The Balaban J connectivity index is 1.77. The minimum Gasteiger partial charge on any atom is -0.472 e. The second kappa shape index (κ2) is 7.59. The minimum absolute atomic E-state index is 0.304. The number of hydrogen-bond donors (Lipinski definition) is 1. The maximum absolute atomic E-state index is 6.06. The lowest BCUT2D eigenvalue weighted by molar-refractivity contribution is 0.0197. The number of piperidine rings is 1. The first-order valence-corrected chi connectivity index (χ1v) is 7.26. The van der Waals surface area contributed by atoms with Crippen LogP contribution >= 0.6 is 0 Å². The van der Waals surface area contributed by atoms with Gasteiger partial charge in [0.1, 0.15) is 0 Å². The van der Waals surface area contributed by atoms with E-state index in [1.54, 1.807) is 6.26 Å². The average molecular weight is 251 g/mol. The van der Waals surface area contributed by atoms with Crippen LogP contribution in [-0.2, 0) is 4.74 Å². The summed E-state index contributed by atoms with van der Waals surface area (Å²) < 4.78 is 11.3. The highest BCUT2D eigenvalue weighted by atomic mass is 16.5. The highest BCUT2D eigenvalue weighted by Gasteiger charge is 2.27. The van der Waals surface area contributed by atoms with Crippen molar-refractivity contribution in [1.82, 2.24) is 5.32 Å². The van der Waals surface area contributed by atoms with Gasteiger partial charge in [-0.2, -0.15) is 0 Å². The zero-order valence-corrected chi connectivity index (χ0v) is 11.4. The van der Waals surface area contributed by atoms with Crippen LogP contribution in [0.25, 0.3) is 0 Å². The molecule has 0 aromatic carbocycles. The lowest BCUT2D eigenvalue weighted by atomic mass is 9.89. The largest absolute Gasteiger partial charge is 0.472 e. The first-order valence-electron chi connectivity index (χ1n) is 7.26. The molecule has 1 aliphatic heterocycles. The lowest BCUT2D eigenvalue weighted by Gasteiger charge is -2.31. The molecule has 1 fully saturated rings. The van der Waals surface area contributed by atoms with Crippen molar-refractivity contribution in [3.63, 3.8) is 0 Å². The third kappa shape index (κ3) is 3.85. The topological polar surface area (TPSA) is 34.4 Å². The molecular weight excluding hydrogens is 226 g/mol. The Morgan fingerprint density at radius 1 is 1.39 bits per heavy atom. The number of unbranched alkanes of at least 4 members (excludes halogenated alkanes) is 3. The molecule has 0 bridgehead atoms. The van der Waals surface area contributed by atoms with E-state index in [0.29, 0.717) is 12.0 Å². The molecule has 1 aliphatic rings. The molecule has 0 aliphatic carbocycles. The number of ether oxygens (including phenoxy) is 1. The molecule has 102 valence electrons. The molecule has 3 heteroatoms. The van der Waals surface area contributed by atoms with Crippen molar-refractivity contribution in [1.29, 1.82) is 0 Å². The van der Waals surface area contributed by atoms with Crippen LogP contribution in [0.15, 0.2) is 23.0 Å². The monoisotopic (exact) mass is 251 g/mol. The summed E-state index contributed by atoms with van der Waals surface area (Å²) in [7, 11) is 0. The van der Waals surface area contributed by atoms with E-state index in [-0.39, 0.29) is 0 Å². The lowest BCUT2D eigenvalue weighted by Crippen LogP contribution is -2.41. The van der Waals surface area contributed by atoms with Gasteiger partial charge >= 0.3 is 0 Å². The minimum atomic E-state index is 0.304. The molecule has 0 saturated carbocycles. The standard InChI is InChI=1S/C15H25NO2/c1-2-3-4-5-9-18-15-11-16-8-6-14(15)13-7-10-17-12-13/h7,10,12,14-16H,2-6,8-9,11H2,1H3. The highest BCUT2D eigenvalue weighted by Crippen LogP contribution is 2.28. The van der Waals surface area contributed by atoms with E-state index in [1.807, 2.05) is 6.26 Å². The maximum atomic E-state index is 6.06. The number of hydrogen-bond acceptors (Lipinski definition) is 3. The van der Waals surface area contributed by atoms with Crippen LogP contribution in [-0.4, -0.2) is 25.8 Å². The Hall–Kier alpha value is -0.800. The molecule has 1 aromatic rings. The first kappa shape index (κ1) is 13.6. The SMILES string of the molecule is CCCCCCOC1CNCCC1c1ccoc1. The van der Waals surface area contributed by atoms with Gasteiger partial charge in [-0.1, -0.05) is 26.2 Å². The van der Waals surface area contributed by atoms with Crippen LogP contribution < -0.4 is 5.32 Å². The first-order chi connectivity index (χ1) is 8.92. The zero-order valence-electron chi connectivity index (χ0n) is 11.4. The predicted molar refractivity (Wildman–Crippen MR) is 72.8 cm³/mol. The normalized spacial score (nSPS) is 24.3. The maximum Gasteiger partial charge on any atom is 0.0938 e. The summed E-state index contributed by atoms with van der Waals surface area (Å²) in [5.74, 6) is 0.496. The molecule has 2 rings (SSSR count). The Morgan fingerprint density at radius 3 is 3.11 bits per heavy atom. The number of furan rings is 1. The van der Waals surface area contributed by atoms with Crippen LogP contribution in [0.4, 0.5) is 0 Å². The van der Waals surface area contributed by atoms with Gasteiger partial charge in [0.25, 0.3) is 0 Å². The molecule has 18 heavy (non-hydrogen) atoms. The van der Waals surface area contributed by atoms with Crippen molar-refractivity contribution in [2.75, 3.05) is 19.7 Å². The van der Waals surface area contributed by atoms with Crippen LogP contribution in [0.1, 0.15) is 50.5 Å². The molecular formula is C15H25NO2. The van der Waals surface area contributed by atoms with Crippen molar-refractivity contribution in [3.05, 3.63) is 24.2 Å². The van der Waals surface area contributed by atoms with E-state index in [9.17, 15) is 0 Å². The smallest absolute Gasteiger partial charge is 0.0938 e. The van der Waals surface area contributed by atoms with Gasteiger partial charge in [-0.25, -0.2) is 0 Å². The van der Waals surface area contributed by atoms with Crippen molar-refractivity contribution in [2.24, 2.45) is 0 Å². The van der Waals surface area contributed by atoms with Gasteiger partial charge in [0, 0.05) is 19.1 Å². The molecule has 0 radical (unpaired) electrons. The summed E-state index contributed by atoms with van der Waals surface area (Å²) in [6.07, 6.45) is 10.1. The van der Waals surface area contributed by atoms with Crippen LogP contribution in [0.5, 0.6) is 0 Å². The number of nitrogens with one attached hydrogen (secondary N) is 1. The van der Waals surface area contributed by atoms with Crippen molar-refractivity contribution >= 4 is 0 Å². The van der Waals surface area contributed by atoms with Gasteiger partial charge in [-0.05, 0) is 31.0 Å². The summed E-state index contributed by atoms with van der Waals surface area (Å²) >= 11 is 0. The van der Waals surface area contributed by atoms with Crippen LogP contribution in [0.2, 0.25) is 0 Å². The molecule has 0 amide bonds. The van der Waals surface area contributed by atoms with Gasteiger partial charge in [0.05, 0.1) is 18.6 Å². The summed E-state index contributed by atoms with van der Waals surface area (Å²) in [6, 6.07) is 2.07. The van der Waals surface area contributed by atoms with Gasteiger partial charge in [0.2, 0.25) is 0 Å². The highest BCUT2D eigenvalue weighted by molar-refractivity contribution is 5.15. The molecule has 0 spiro atoms. The third-order valence-corrected chi connectivity index (χ3v) is 3.73. The molecule has 2 atom stereocenters. The Morgan fingerprint density at radius 2 is 2.33 bits per heavy atom. The Labute approximate surface area is 110 Å². The summed E-state index contributed by atoms with van der Waals surface area (Å²) in [5, 5.41) is 3.42. The van der Waals surface area contributed by atoms with Crippen molar-refractivity contribution in [2.45, 2.75) is 51.0 Å². The predicted octanol–water partition coefficient (Wildman–Crippen LogP) is 3.32. The number of rotatable bonds is 7. The molecule has 1 aromatic heterocycles. The van der Waals surface area contributed by atoms with E-state index >= 15 is 0 Å². The zero-order chi connectivity index (χ0) is 12.6. The molecule has 1 N–H and O–H groups in total. The van der Waals surface area contributed by atoms with Crippen molar-refractivity contribution < 1.29 is 9.15 Å². The second-order valence-electron chi connectivity index (χ2n) is 5.13. The molecule has 3 nitrogen and oxygen atoms in total.